The monoisotopic (exact) mass is 349 g/mol. The van der Waals surface area contributed by atoms with E-state index in [1.807, 2.05) is 12.3 Å². The fourth-order valence-corrected chi connectivity index (χ4v) is 3.68. The van der Waals surface area contributed by atoms with Crippen LogP contribution in [0.2, 0.25) is 0 Å². The molecule has 2 heterocycles. The van der Waals surface area contributed by atoms with Crippen LogP contribution in [0.5, 0.6) is 0 Å². The highest BCUT2D eigenvalue weighted by atomic mass is 79.9. The van der Waals surface area contributed by atoms with Crippen molar-refractivity contribution in [1.82, 2.24) is 4.98 Å². The average molecular weight is 350 g/mol. The summed E-state index contributed by atoms with van der Waals surface area (Å²) in [5.74, 6) is 1.65. The van der Waals surface area contributed by atoms with Crippen LogP contribution in [0.1, 0.15) is 13.8 Å². The number of aromatic nitrogens is 1. The third-order valence-electron chi connectivity index (χ3n) is 3.36. The summed E-state index contributed by atoms with van der Waals surface area (Å²) in [6, 6.07) is 8.65. The van der Waals surface area contributed by atoms with Crippen LogP contribution in [0.3, 0.4) is 0 Å². The molecule has 0 bridgehead atoms. The van der Waals surface area contributed by atoms with Crippen molar-refractivity contribution >= 4 is 49.4 Å². The first-order chi connectivity index (χ1) is 9.63. The van der Waals surface area contributed by atoms with E-state index in [1.54, 1.807) is 11.8 Å². The number of benzene rings is 1. The number of hydrogen-bond acceptors (Lipinski definition) is 4. The molecule has 1 atom stereocenters. The number of anilines is 1. The number of nitrogens with zero attached hydrogens (tertiary/aromatic N) is 2. The third-order valence-corrected chi connectivity index (χ3v) is 4.79. The molecule has 3 rings (SSSR count). The molecule has 0 amide bonds. The number of hydrogen-bond donors (Lipinski definition) is 1. The van der Waals surface area contributed by atoms with Gasteiger partial charge in [-0.3, -0.25) is 9.98 Å². The molecule has 1 aliphatic rings. The molecule has 0 radical (unpaired) electrons. The predicted molar refractivity (Wildman–Crippen MR) is 91.6 cm³/mol. The van der Waals surface area contributed by atoms with Gasteiger partial charge in [-0.2, -0.15) is 0 Å². The minimum atomic E-state index is 0.416. The highest BCUT2D eigenvalue weighted by molar-refractivity contribution is 9.10. The first-order valence-corrected chi connectivity index (χ1v) is 8.43. The molecule has 20 heavy (non-hydrogen) atoms. The van der Waals surface area contributed by atoms with Gasteiger partial charge in [0, 0.05) is 21.8 Å². The molecule has 104 valence electrons. The zero-order chi connectivity index (χ0) is 14.1. The van der Waals surface area contributed by atoms with Gasteiger partial charge in [-0.05, 0) is 34.0 Å². The number of rotatable bonds is 2. The van der Waals surface area contributed by atoms with Gasteiger partial charge in [-0.15, -0.1) is 0 Å². The quantitative estimate of drug-likeness (QED) is 0.864. The number of halogens is 1. The van der Waals surface area contributed by atoms with E-state index in [1.165, 1.54) is 0 Å². The summed E-state index contributed by atoms with van der Waals surface area (Å²) < 4.78 is 0.995. The Morgan fingerprint density at radius 1 is 1.40 bits per heavy atom. The molecule has 2 aromatic rings. The fraction of sp³-hybridized carbons (Fsp3) is 0.333. The van der Waals surface area contributed by atoms with Gasteiger partial charge in [0.2, 0.25) is 0 Å². The smallest absolute Gasteiger partial charge is 0.161 e. The summed E-state index contributed by atoms with van der Waals surface area (Å²) in [6.45, 7) is 4.43. The summed E-state index contributed by atoms with van der Waals surface area (Å²) in [7, 11) is 0. The maximum absolute atomic E-state index is 4.74. The molecule has 1 aromatic carbocycles. The Balaban J connectivity index is 1.90. The molecule has 0 saturated carbocycles. The Bertz CT molecular complexity index is 669. The van der Waals surface area contributed by atoms with Crippen molar-refractivity contribution in [2.75, 3.05) is 11.1 Å². The van der Waals surface area contributed by atoms with E-state index in [2.05, 4.69) is 58.3 Å². The average Bonchev–Trinajstić information content (AvgIpc) is 2.87. The molecule has 3 nitrogen and oxygen atoms in total. The minimum absolute atomic E-state index is 0.416. The second kappa shape index (κ2) is 5.74. The fourth-order valence-electron chi connectivity index (χ4n) is 2.15. The zero-order valence-corrected chi connectivity index (χ0v) is 13.8. The van der Waals surface area contributed by atoms with Gasteiger partial charge in [0.15, 0.2) is 5.17 Å². The van der Waals surface area contributed by atoms with Crippen LogP contribution in [0, 0.1) is 5.92 Å². The first kappa shape index (κ1) is 13.9. The molecule has 1 aromatic heterocycles. The number of thioether (sulfide) groups is 1. The summed E-state index contributed by atoms with van der Waals surface area (Å²) in [4.78, 5) is 9.24. The van der Waals surface area contributed by atoms with E-state index in [0.717, 1.165) is 32.0 Å². The lowest BCUT2D eigenvalue weighted by Crippen LogP contribution is -2.12. The number of nitrogens with one attached hydrogen (secondary N) is 1. The van der Waals surface area contributed by atoms with E-state index in [0.29, 0.717) is 12.0 Å². The molecular formula is C15H16BrN3S. The van der Waals surface area contributed by atoms with Crippen molar-refractivity contribution in [1.29, 1.82) is 0 Å². The van der Waals surface area contributed by atoms with E-state index in [-0.39, 0.29) is 0 Å². The zero-order valence-electron chi connectivity index (χ0n) is 11.4. The summed E-state index contributed by atoms with van der Waals surface area (Å²) in [5, 5.41) is 5.54. The SMILES string of the molecule is CC(C)C1CSC(Nc2cccc3cc(Br)cnc23)=N1. The van der Waals surface area contributed by atoms with Crippen molar-refractivity contribution in [3.05, 3.63) is 34.9 Å². The van der Waals surface area contributed by atoms with Crippen molar-refractivity contribution < 1.29 is 0 Å². The topological polar surface area (TPSA) is 37.3 Å². The predicted octanol–water partition coefficient (Wildman–Crippen LogP) is 4.54. The molecule has 0 saturated heterocycles. The minimum Gasteiger partial charge on any atom is -0.333 e. The van der Waals surface area contributed by atoms with Crippen molar-refractivity contribution in [3.63, 3.8) is 0 Å². The third kappa shape index (κ3) is 2.83. The number of aliphatic imine (C=N–C) groups is 1. The van der Waals surface area contributed by atoms with E-state index < -0.39 is 0 Å². The lowest BCUT2D eigenvalue weighted by molar-refractivity contribution is 0.543. The van der Waals surface area contributed by atoms with Crippen LogP contribution in [0.15, 0.2) is 39.9 Å². The molecule has 0 aliphatic carbocycles. The van der Waals surface area contributed by atoms with Crippen LogP contribution in [-0.2, 0) is 0 Å². The van der Waals surface area contributed by atoms with Gasteiger partial charge in [-0.25, -0.2) is 0 Å². The van der Waals surface area contributed by atoms with Crippen molar-refractivity contribution in [2.45, 2.75) is 19.9 Å². The largest absolute Gasteiger partial charge is 0.333 e. The maximum atomic E-state index is 4.74. The Labute approximate surface area is 131 Å². The first-order valence-electron chi connectivity index (χ1n) is 6.65. The molecule has 1 aliphatic heterocycles. The van der Waals surface area contributed by atoms with Gasteiger partial charge in [0.25, 0.3) is 0 Å². The van der Waals surface area contributed by atoms with E-state index in [9.17, 15) is 0 Å². The maximum Gasteiger partial charge on any atom is 0.161 e. The van der Waals surface area contributed by atoms with Gasteiger partial charge in [0.1, 0.15) is 0 Å². The molecule has 0 fully saturated rings. The summed E-state index contributed by atoms with van der Waals surface area (Å²) >= 11 is 5.25. The number of fused-ring (bicyclic) bond motifs is 1. The Morgan fingerprint density at radius 2 is 2.25 bits per heavy atom. The number of para-hydroxylation sites is 1. The van der Waals surface area contributed by atoms with Gasteiger partial charge in [-0.1, -0.05) is 37.7 Å². The standard InChI is InChI=1S/C15H16BrN3S/c1-9(2)13-8-20-15(19-13)18-12-5-3-4-10-6-11(16)7-17-14(10)12/h3-7,9,13H,8H2,1-2H3,(H,18,19). The lowest BCUT2D eigenvalue weighted by Gasteiger charge is -2.09. The summed E-state index contributed by atoms with van der Waals surface area (Å²) in [6.07, 6.45) is 1.83. The van der Waals surface area contributed by atoms with Crippen LogP contribution >= 0.6 is 27.7 Å². The molecule has 1 unspecified atom stereocenters. The molecule has 1 N–H and O–H groups in total. The van der Waals surface area contributed by atoms with Crippen LogP contribution < -0.4 is 5.32 Å². The van der Waals surface area contributed by atoms with Crippen molar-refractivity contribution in [3.8, 4) is 0 Å². The molecular weight excluding hydrogens is 334 g/mol. The summed E-state index contributed by atoms with van der Waals surface area (Å²) in [5.41, 5.74) is 2.00. The second-order valence-electron chi connectivity index (χ2n) is 5.21. The van der Waals surface area contributed by atoms with Gasteiger partial charge >= 0.3 is 0 Å². The van der Waals surface area contributed by atoms with Crippen LogP contribution in [-0.4, -0.2) is 21.9 Å². The Morgan fingerprint density at radius 3 is 3.00 bits per heavy atom. The van der Waals surface area contributed by atoms with Crippen LogP contribution in [0.25, 0.3) is 10.9 Å². The second-order valence-corrected chi connectivity index (χ2v) is 7.14. The lowest BCUT2D eigenvalue weighted by atomic mass is 10.1. The molecule has 5 heteroatoms. The van der Waals surface area contributed by atoms with Gasteiger partial charge in [0.05, 0.1) is 17.2 Å². The normalized spacial score (nSPS) is 18.6. The Kier molecular flexibility index (Phi) is 3.98. The van der Waals surface area contributed by atoms with E-state index in [4.69, 9.17) is 4.99 Å². The number of amidine groups is 1. The van der Waals surface area contributed by atoms with Gasteiger partial charge < -0.3 is 5.32 Å². The highest BCUT2D eigenvalue weighted by Gasteiger charge is 2.21. The van der Waals surface area contributed by atoms with Crippen LogP contribution in [0.4, 0.5) is 5.69 Å². The van der Waals surface area contributed by atoms with Crippen molar-refractivity contribution in [2.24, 2.45) is 10.9 Å². The molecule has 0 spiro atoms. The Hall–Kier alpha value is -1.07. The van der Waals surface area contributed by atoms with E-state index >= 15 is 0 Å². The number of pyridine rings is 1. The highest BCUT2D eigenvalue weighted by Crippen LogP contribution is 2.28.